The zero-order valence-electron chi connectivity index (χ0n) is 10.7. The van der Waals surface area contributed by atoms with E-state index in [1.165, 1.54) is 17.3 Å². The molecule has 100 valence electrons. The lowest BCUT2D eigenvalue weighted by Crippen LogP contribution is -2.17. The molecular weight excluding hydrogens is 290 g/mol. The van der Waals surface area contributed by atoms with Crippen molar-refractivity contribution in [3.05, 3.63) is 52.6 Å². The van der Waals surface area contributed by atoms with Crippen molar-refractivity contribution >= 4 is 40.3 Å². The van der Waals surface area contributed by atoms with Crippen molar-refractivity contribution in [1.82, 2.24) is 5.32 Å². The van der Waals surface area contributed by atoms with Crippen LogP contribution in [-0.4, -0.2) is 10.2 Å². The van der Waals surface area contributed by atoms with E-state index in [0.29, 0.717) is 15.0 Å². The molecule has 3 rings (SSSR count). The van der Waals surface area contributed by atoms with Gasteiger partial charge in [0.2, 0.25) is 0 Å². The molecule has 1 aliphatic heterocycles. The summed E-state index contributed by atoms with van der Waals surface area (Å²) in [6, 6.07) is 11.8. The lowest BCUT2D eigenvalue weighted by Gasteiger charge is -1.97. The van der Waals surface area contributed by atoms with E-state index in [9.17, 15) is 4.79 Å². The molecule has 1 fully saturated rings. The van der Waals surface area contributed by atoms with Gasteiger partial charge in [0.25, 0.3) is 5.91 Å². The number of amides is 1. The van der Waals surface area contributed by atoms with E-state index in [0.717, 1.165) is 11.3 Å². The molecule has 1 aliphatic rings. The summed E-state index contributed by atoms with van der Waals surface area (Å²) in [5, 5.41) is 2.58. The molecule has 1 N–H and O–H groups in total. The maximum Gasteiger partial charge on any atom is 0.263 e. The van der Waals surface area contributed by atoms with Gasteiger partial charge in [0, 0.05) is 11.6 Å². The van der Waals surface area contributed by atoms with Crippen LogP contribution in [0.25, 0.3) is 17.4 Å². The van der Waals surface area contributed by atoms with E-state index in [4.69, 9.17) is 16.6 Å². The molecule has 1 amide bonds. The Morgan fingerprint density at radius 1 is 1.20 bits per heavy atom. The molecule has 0 atom stereocenters. The lowest BCUT2D eigenvalue weighted by atomic mass is 10.1. The SMILES string of the molecule is Cc1ccc(-c2ccc(/C=C3\SC(=S)NC3=O)o2)cc1. The van der Waals surface area contributed by atoms with Gasteiger partial charge in [0.05, 0.1) is 4.91 Å². The van der Waals surface area contributed by atoms with Crippen LogP contribution in [0.2, 0.25) is 0 Å². The fourth-order valence-corrected chi connectivity index (χ4v) is 2.88. The Labute approximate surface area is 126 Å². The van der Waals surface area contributed by atoms with Gasteiger partial charge < -0.3 is 9.73 Å². The molecule has 1 aromatic heterocycles. The summed E-state index contributed by atoms with van der Waals surface area (Å²) in [5.41, 5.74) is 2.22. The Kier molecular flexibility index (Phi) is 3.46. The largest absolute Gasteiger partial charge is 0.457 e. The van der Waals surface area contributed by atoms with Gasteiger partial charge in [-0.2, -0.15) is 0 Å². The number of benzene rings is 1. The number of hydrogen-bond donors (Lipinski definition) is 1. The molecule has 2 heterocycles. The highest BCUT2D eigenvalue weighted by Gasteiger charge is 2.22. The Morgan fingerprint density at radius 3 is 2.60 bits per heavy atom. The summed E-state index contributed by atoms with van der Waals surface area (Å²) >= 11 is 6.19. The van der Waals surface area contributed by atoms with Gasteiger partial charge in [-0.15, -0.1) is 0 Å². The number of carbonyl (C=O) groups excluding carboxylic acids is 1. The first-order chi connectivity index (χ1) is 9.61. The third-order valence-electron chi connectivity index (χ3n) is 2.88. The van der Waals surface area contributed by atoms with E-state index in [2.05, 4.69) is 5.32 Å². The van der Waals surface area contributed by atoms with Gasteiger partial charge in [-0.05, 0) is 19.1 Å². The van der Waals surface area contributed by atoms with Crippen LogP contribution in [0.3, 0.4) is 0 Å². The van der Waals surface area contributed by atoms with Gasteiger partial charge >= 0.3 is 0 Å². The molecule has 5 heteroatoms. The highest BCUT2D eigenvalue weighted by atomic mass is 32.2. The first-order valence-electron chi connectivity index (χ1n) is 6.03. The fourth-order valence-electron chi connectivity index (χ4n) is 1.85. The minimum atomic E-state index is -0.173. The third kappa shape index (κ3) is 2.69. The van der Waals surface area contributed by atoms with Crippen LogP contribution in [0.1, 0.15) is 11.3 Å². The highest BCUT2D eigenvalue weighted by Crippen LogP contribution is 2.28. The first-order valence-corrected chi connectivity index (χ1v) is 7.26. The monoisotopic (exact) mass is 301 g/mol. The predicted molar refractivity (Wildman–Crippen MR) is 85.2 cm³/mol. The Balaban J connectivity index is 1.87. The number of carbonyl (C=O) groups is 1. The van der Waals surface area contributed by atoms with E-state index in [1.54, 1.807) is 6.08 Å². The first kappa shape index (κ1) is 13.1. The minimum Gasteiger partial charge on any atom is -0.457 e. The molecule has 0 unspecified atom stereocenters. The van der Waals surface area contributed by atoms with Crippen LogP contribution in [0.4, 0.5) is 0 Å². The standard InChI is InChI=1S/C15H11NO2S2/c1-9-2-4-10(5-3-9)12-7-6-11(18-12)8-13-14(17)16-15(19)20-13/h2-8H,1H3,(H,16,17,19)/b13-8-. The molecule has 2 aromatic rings. The van der Waals surface area contributed by atoms with Crippen LogP contribution in [0.5, 0.6) is 0 Å². The summed E-state index contributed by atoms with van der Waals surface area (Å²) in [6.45, 7) is 2.04. The number of nitrogens with one attached hydrogen (secondary N) is 1. The molecule has 1 aromatic carbocycles. The Morgan fingerprint density at radius 2 is 1.95 bits per heavy atom. The maximum absolute atomic E-state index is 11.6. The molecule has 0 aliphatic carbocycles. The van der Waals surface area contributed by atoms with E-state index < -0.39 is 0 Å². The highest BCUT2D eigenvalue weighted by molar-refractivity contribution is 8.26. The molecule has 20 heavy (non-hydrogen) atoms. The van der Waals surface area contributed by atoms with Crippen molar-refractivity contribution in [3.63, 3.8) is 0 Å². The van der Waals surface area contributed by atoms with E-state index in [1.807, 2.05) is 43.3 Å². The van der Waals surface area contributed by atoms with Crippen molar-refractivity contribution < 1.29 is 9.21 Å². The summed E-state index contributed by atoms with van der Waals surface area (Å²) in [5.74, 6) is 1.25. The average Bonchev–Trinajstić information content (AvgIpc) is 2.98. The van der Waals surface area contributed by atoms with Gasteiger partial charge in [-0.25, -0.2) is 0 Å². The minimum absolute atomic E-state index is 0.173. The fraction of sp³-hybridized carbons (Fsp3) is 0.0667. The lowest BCUT2D eigenvalue weighted by molar-refractivity contribution is -0.115. The number of thiocarbonyl (C=S) groups is 1. The van der Waals surface area contributed by atoms with Crippen LogP contribution in [0.15, 0.2) is 45.7 Å². The van der Waals surface area contributed by atoms with Crippen molar-refractivity contribution in [3.8, 4) is 11.3 Å². The van der Waals surface area contributed by atoms with E-state index in [-0.39, 0.29) is 5.91 Å². The second kappa shape index (κ2) is 5.26. The quantitative estimate of drug-likeness (QED) is 0.678. The predicted octanol–water partition coefficient (Wildman–Crippen LogP) is 3.74. The number of furan rings is 1. The number of aryl methyl sites for hydroxylation is 1. The van der Waals surface area contributed by atoms with Crippen LogP contribution in [0, 0.1) is 6.92 Å². The van der Waals surface area contributed by atoms with Crippen LogP contribution < -0.4 is 5.32 Å². The number of hydrogen-bond acceptors (Lipinski definition) is 4. The van der Waals surface area contributed by atoms with Gasteiger partial charge in [0.1, 0.15) is 15.8 Å². The molecule has 3 nitrogen and oxygen atoms in total. The molecule has 0 spiro atoms. The molecular formula is C15H11NO2S2. The smallest absolute Gasteiger partial charge is 0.263 e. The molecule has 0 saturated carbocycles. The Hall–Kier alpha value is -1.85. The van der Waals surface area contributed by atoms with E-state index >= 15 is 0 Å². The zero-order valence-corrected chi connectivity index (χ0v) is 12.3. The summed E-state index contributed by atoms with van der Waals surface area (Å²) in [6.07, 6.45) is 1.71. The normalized spacial score (nSPS) is 16.8. The second-order valence-electron chi connectivity index (χ2n) is 4.42. The number of thioether (sulfide) groups is 1. The van der Waals surface area contributed by atoms with Gasteiger partial charge in [0.15, 0.2) is 0 Å². The zero-order chi connectivity index (χ0) is 14.1. The Bertz CT molecular complexity index is 714. The number of rotatable bonds is 2. The molecule has 1 saturated heterocycles. The topological polar surface area (TPSA) is 42.2 Å². The maximum atomic E-state index is 11.6. The second-order valence-corrected chi connectivity index (χ2v) is 6.14. The summed E-state index contributed by atoms with van der Waals surface area (Å²) in [4.78, 5) is 12.1. The van der Waals surface area contributed by atoms with Gasteiger partial charge in [-0.1, -0.05) is 53.8 Å². The van der Waals surface area contributed by atoms with Crippen molar-refractivity contribution in [2.45, 2.75) is 6.92 Å². The van der Waals surface area contributed by atoms with Crippen molar-refractivity contribution in [1.29, 1.82) is 0 Å². The summed E-state index contributed by atoms with van der Waals surface area (Å²) < 4.78 is 6.22. The van der Waals surface area contributed by atoms with Gasteiger partial charge in [-0.3, -0.25) is 4.79 Å². The molecule has 0 bridgehead atoms. The van der Waals surface area contributed by atoms with Crippen LogP contribution >= 0.6 is 24.0 Å². The van der Waals surface area contributed by atoms with Crippen LogP contribution in [-0.2, 0) is 4.79 Å². The van der Waals surface area contributed by atoms with Crippen molar-refractivity contribution in [2.24, 2.45) is 0 Å². The van der Waals surface area contributed by atoms with Crippen molar-refractivity contribution in [2.75, 3.05) is 0 Å². The molecule has 0 radical (unpaired) electrons. The summed E-state index contributed by atoms with van der Waals surface area (Å²) in [7, 11) is 0. The third-order valence-corrected chi connectivity index (χ3v) is 4.04. The average molecular weight is 301 g/mol.